The molecule has 1 heterocycles. The van der Waals surface area contributed by atoms with Gasteiger partial charge < -0.3 is 9.64 Å². The van der Waals surface area contributed by atoms with Crippen molar-refractivity contribution in [2.24, 2.45) is 0 Å². The van der Waals surface area contributed by atoms with Gasteiger partial charge >= 0.3 is 0 Å². The molecule has 178 valence electrons. The van der Waals surface area contributed by atoms with Crippen molar-refractivity contribution in [2.45, 2.75) is 44.7 Å². The first-order valence-corrected chi connectivity index (χ1v) is 12.9. The highest BCUT2D eigenvalue weighted by molar-refractivity contribution is 7.89. The van der Waals surface area contributed by atoms with Crippen LogP contribution >= 0.6 is 0 Å². The Morgan fingerprint density at radius 1 is 1.06 bits per heavy atom. The zero-order valence-electron chi connectivity index (χ0n) is 19.8. The Bertz CT molecular complexity index is 1270. The van der Waals surface area contributed by atoms with Crippen molar-refractivity contribution < 1.29 is 17.9 Å². The second-order valence-corrected chi connectivity index (χ2v) is 10.5. The summed E-state index contributed by atoms with van der Waals surface area (Å²) in [5.74, 6) is 0.411. The van der Waals surface area contributed by atoms with E-state index in [2.05, 4.69) is 0 Å². The average molecular weight is 479 g/mol. The summed E-state index contributed by atoms with van der Waals surface area (Å²) in [4.78, 5) is 15.4. The lowest BCUT2D eigenvalue weighted by molar-refractivity contribution is -0.119. The van der Waals surface area contributed by atoms with E-state index in [9.17, 15) is 13.2 Å². The van der Waals surface area contributed by atoms with Crippen LogP contribution < -0.4 is 9.64 Å². The predicted octanol–water partition coefficient (Wildman–Crippen LogP) is 4.56. The minimum Gasteiger partial charge on any atom is -0.494 e. The van der Waals surface area contributed by atoms with Crippen LogP contribution in [0.25, 0.3) is 0 Å². The van der Waals surface area contributed by atoms with E-state index in [4.69, 9.17) is 4.74 Å². The molecule has 3 aromatic rings. The van der Waals surface area contributed by atoms with Crippen molar-refractivity contribution in [1.29, 1.82) is 0 Å². The standard InChI is InChI=1S/C27H30N2O4S/c1-4-33-26-15-14-24(16-20(26)2)34(31,32)28(18-22-10-6-5-7-11-22)19-27(30)29-21(3)17-23-12-8-9-13-25(23)29/h5-16,21H,4,17-19H2,1-3H3/t21-/m1/s1. The van der Waals surface area contributed by atoms with Crippen molar-refractivity contribution in [1.82, 2.24) is 4.31 Å². The molecule has 0 radical (unpaired) electrons. The molecular formula is C27H30N2O4S. The molecule has 3 aromatic carbocycles. The smallest absolute Gasteiger partial charge is 0.243 e. The predicted molar refractivity (Wildman–Crippen MR) is 133 cm³/mol. The summed E-state index contributed by atoms with van der Waals surface area (Å²) in [5, 5.41) is 0. The normalized spacial score (nSPS) is 15.4. The zero-order chi connectivity index (χ0) is 24.3. The Morgan fingerprint density at radius 2 is 1.76 bits per heavy atom. The summed E-state index contributed by atoms with van der Waals surface area (Å²) < 4.78 is 34.3. The number of fused-ring (bicyclic) bond motifs is 1. The maximum atomic E-state index is 13.7. The monoisotopic (exact) mass is 478 g/mol. The van der Waals surface area contributed by atoms with Crippen molar-refractivity contribution in [3.05, 3.63) is 89.5 Å². The number of sulfonamides is 1. The number of nitrogens with zero attached hydrogens (tertiary/aromatic N) is 2. The molecule has 6 nitrogen and oxygen atoms in total. The van der Waals surface area contributed by atoms with Gasteiger partial charge in [0.25, 0.3) is 0 Å². The summed E-state index contributed by atoms with van der Waals surface area (Å²) in [7, 11) is -3.94. The molecule has 0 fully saturated rings. The van der Waals surface area contributed by atoms with Gasteiger partial charge in [0, 0.05) is 18.3 Å². The van der Waals surface area contributed by atoms with E-state index in [0.29, 0.717) is 12.4 Å². The van der Waals surface area contributed by atoms with Gasteiger partial charge in [-0.25, -0.2) is 8.42 Å². The molecule has 0 spiro atoms. The van der Waals surface area contributed by atoms with Gasteiger partial charge in [0.1, 0.15) is 5.75 Å². The third-order valence-electron chi connectivity index (χ3n) is 6.07. The number of rotatable bonds is 8. The fourth-order valence-electron chi connectivity index (χ4n) is 4.43. The zero-order valence-corrected chi connectivity index (χ0v) is 20.6. The Hall–Kier alpha value is -3.16. The molecule has 7 heteroatoms. The maximum absolute atomic E-state index is 13.7. The molecule has 0 aromatic heterocycles. The van der Waals surface area contributed by atoms with Crippen LogP contribution in [0.1, 0.15) is 30.5 Å². The van der Waals surface area contributed by atoms with Crippen LogP contribution in [-0.2, 0) is 27.8 Å². The number of ether oxygens (including phenoxy) is 1. The molecule has 0 N–H and O–H groups in total. The van der Waals surface area contributed by atoms with E-state index in [-0.39, 0.29) is 29.9 Å². The van der Waals surface area contributed by atoms with E-state index in [1.165, 1.54) is 4.31 Å². The number of aryl methyl sites for hydroxylation is 1. The largest absolute Gasteiger partial charge is 0.494 e. The lowest BCUT2D eigenvalue weighted by Crippen LogP contribution is -2.44. The minimum absolute atomic E-state index is 0.0288. The Balaban J connectivity index is 1.67. The van der Waals surface area contributed by atoms with Crippen LogP contribution in [0.15, 0.2) is 77.7 Å². The van der Waals surface area contributed by atoms with Gasteiger partial charge in [-0.15, -0.1) is 0 Å². The van der Waals surface area contributed by atoms with E-state index in [0.717, 1.165) is 28.8 Å². The van der Waals surface area contributed by atoms with Crippen LogP contribution in [0.4, 0.5) is 5.69 Å². The van der Waals surface area contributed by atoms with Gasteiger partial charge in [-0.1, -0.05) is 48.5 Å². The molecule has 1 amide bonds. The van der Waals surface area contributed by atoms with Crippen molar-refractivity contribution >= 4 is 21.6 Å². The number of carbonyl (C=O) groups is 1. The first-order valence-electron chi connectivity index (χ1n) is 11.5. The highest BCUT2D eigenvalue weighted by atomic mass is 32.2. The van der Waals surface area contributed by atoms with Crippen molar-refractivity contribution in [3.8, 4) is 5.75 Å². The molecular weight excluding hydrogens is 448 g/mol. The molecule has 4 rings (SSSR count). The van der Waals surface area contributed by atoms with E-state index < -0.39 is 10.0 Å². The van der Waals surface area contributed by atoms with Crippen LogP contribution in [-0.4, -0.2) is 37.8 Å². The highest BCUT2D eigenvalue weighted by Crippen LogP contribution is 2.32. The number of hydrogen-bond donors (Lipinski definition) is 0. The number of anilines is 1. The number of carbonyl (C=O) groups excluding carboxylic acids is 1. The van der Waals surface area contributed by atoms with Gasteiger partial charge in [0.15, 0.2) is 0 Å². The summed E-state index contributed by atoms with van der Waals surface area (Å²) in [6, 6.07) is 21.9. The topological polar surface area (TPSA) is 66.9 Å². The minimum atomic E-state index is -3.94. The van der Waals surface area contributed by atoms with Gasteiger partial charge in [-0.3, -0.25) is 4.79 Å². The summed E-state index contributed by atoms with van der Waals surface area (Å²) in [6.45, 7) is 6.04. The van der Waals surface area contributed by atoms with Crippen LogP contribution in [0.3, 0.4) is 0 Å². The van der Waals surface area contributed by atoms with Gasteiger partial charge in [0.05, 0.1) is 18.0 Å². The molecule has 0 bridgehead atoms. The van der Waals surface area contributed by atoms with Gasteiger partial charge in [-0.05, 0) is 68.1 Å². The van der Waals surface area contributed by atoms with Crippen LogP contribution in [0.5, 0.6) is 5.75 Å². The van der Waals surface area contributed by atoms with Crippen molar-refractivity contribution in [2.75, 3.05) is 18.1 Å². The van der Waals surface area contributed by atoms with Crippen molar-refractivity contribution in [3.63, 3.8) is 0 Å². The van der Waals surface area contributed by atoms with Gasteiger partial charge in [-0.2, -0.15) is 4.31 Å². The van der Waals surface area contributed by atoms with Crippen LogP contribution in [0.2, 0.25) is 0 Å². The first-order chi connectivity index (χ1) is 16.3. The second kappa shape index (κ2) is 9.99. The molecule has 1 atom stereocenters. The number of amides is 1. The summed E-state index contributed by atoms with van der Waals surface area (Å²) >= 11 is 0. The van der Waals surface area contributed by atoms with Gasteiger partial charge in [0.2, 0.25) is 15.9 Å². The van der Waals surface area contributed by atoms with E-state index in [1.807, 2.05) is 75.4 Å². The molecule has 1 aliphatic rings. The van der Waals surface area contributed by atoms with E-state index >= 15 is 0 Å². The lowest BCUT2D eigenvalue weighted by atomic mass is 10.1. The number of benzene rings is 3. The maximum Gasteiger partial charge on any atom is 0.243 e. The second-order valence-electron chi connectivity index (χ2n) is 8.56. The third-order valence-corrected chi connectivity index (χ3v) is 7.86. The third kappa shape index (κ3) is 4.86. The van der Waals surface area contributed by atoms with E-state index in [1.54, 1.807) is 23.1 Å². The Kier molecular flexibility index (Phi) is 7.05. The summed E-state index contributed by atoms with van der Waals surface area (Å²) in [6.07, 6.45) is 0.755. The fraction of sp³-hybridized carbons (Fsp3) is 0.296. The molecule has 0 saturated heterocycles. The highest BCUT2D eigenvalue weighted by Gasteiger charge is 2.34. The molecule has 34 heavy (non-hydrogen) atoms. The molecule has 1 aliphatic heterocycles. The number of hydrogen-bond acceptors (Lipinski definition) is 4. The first kappa shape index (κ1) is 24.0. The Labute approximate surface area is 201 Å². The lowest BCUT2D eigenvalue weighted by Gasteiger charge is -2.28. The SMILES string of the molecule is CCOc1ccc(S(=O)(=O)N(CC(=O)N2c3ccccc3C[C@H]2C)Cc2ccccc2)cc1C. The Morgan fingerprint density at radius 3 is 2.47 bits per heavy atom. The average Bonchev–Trinajstić information content (AvgIpc) is 3.16. The number of para-hydroxylation sites is 1. The molecule has 0 unspecified atom stereocenters. The molecule has 0 saturated carbocycles. The van der Waals surface area contributed by atoms with Crippen LogP contribution in [0, 0.1) is 6.92 Å². The fourth-order valence-corrected chi connectivity index (χ4v) is 5.90. The molecule has 0 aliphatic carbocycles. The quantitative estimate of drug-likeness (QED) is 0.476. The summed E-state index contributed by atoms with van der Waals surface area (Å²) in [5.41, 5.74) is 3.50.